The normalized spacial score (nSPS) is 18.3. The van der Waals surface area contributed by atoms with Crippen molar-refractivity contribution in [3.05, 3.63) is 80.1 Å². The van der Waals surface area contributed by atoms with Crippen LogP contribution in [0.2, 0.25) is 4.34 Å². The maximum atomic E-state index is 14.5. The number of amides is 2. The van der Waals surface area contributed by atoms with Crippen LogP contribution in [0.3, 0.4) is 0 Å². The van der Waals surface area contributed by atoms with Gasteiger partial charge >= 0.3 is 0 Å². The zero-order chi connectivity index (χ0) is 23.5. The lowest BCUT2D eigenvalue weighted by atomic mass is 10.2. The van der Waals surface area contributed by atoms with Crippen molar-refractivity contribution in [1.82, 2.24) is 14.8 Å². The number of halogens is 3. The average molecular weight is 493 g/mol. The molecule has 0 radical (unpaired) electrons. The summed E-state index contributed by atoms with van der Waals surface area (Å²) in [7, 11) is 0. The van der Waals surface area contributed by atoms with Crippen molar-refractivity contribution in [3.63, 3.8) is 0 Å². The summed E-state index contributed by atoms with van der Waals surface area (Å²) < 4.78 is 30.6. The Kier molecular flexibility index (Phi) is 6.87. The Morgan fingerprint density at radius 3 is 2.67 bits per heavy atom. The lowest BCUT2D eigenvalue weighted by molar-refractivity contribution is -0.117. The summed E-state index contributed by atoms with van der Waals surface area (Å²) in [5.74, 6) is -1.66. The number of pyridine rings is 1. The number of hydrogen-bond donors (Lipinski definition) is 2. The van der Waals surface area contributed by atoms with Crippen molar-refractivity contribution in [2.45, 2.75) is 12.2 Å². The standard InChI is InChI=1S/C22H19ClF2N4O3S/c23-19-7-6-18(33-19)22(32)27-17-11-28(10-15(17)25)12-20(30)26-16-5-4-13(9-14(16)24)29-8-2-1-3-21(29)31/h1-9,15,17H,10-12H2,(H,26,30)(H,27,32)/t15-,17+/m0/s1. The molecule has 2 N–H and O–H groups in total. The molecule has 172 valence electrons. The van der Waals surface area contributed by atoms with Gasteiger partial charge in [-0.2, -0.15) is 0 Å². The second-order valence-corrected chi connectivity index (χ2v) is 9.23. The topological polar surface area (TPSA) is 83.4 Å². The van der Waals surface area contributed by atoms with Gasteiger partial charge in [-0.1, -0.05) is 17.7 Å². The van der Waals surface area contributed by atoms with Crippen molar-refractivity contribution in [3.8, 4) is 5.69 Å². The van der Waals surface area contributed by atoms with Crippen LogP contribution in [0.25, 0.3) is 5.69 Å². The molecule has 7 nitrogen and oxygen atoms in total. The molecule has 0 aliphatic carbocycles. The van der Waals surface area contributed by atoms with Gasteiger partial charge in [-0.05, 0) is 30.3 Å². The molecule has 2 aromatic heterocycles. The summed E-state index contributed by atoms with van der Waals surface area (Å²) in [6.45, 7) is -0.0728. The molecule has 2 amide bonds. The van der Waals surface area contributed by atoms with Crippen LogP contribution in [0.15, 0.2) is 59.5 Å². The van der Waals surface area contributed by atoms with Gasteiger partial charge in [0.1, 0.15) is 12.0 Å². The smallest absolute Gasteiger partial charge is 0.261 e. The molecule has 2 atom stereocenters. The van der Waals surface area contributed by atoms with Gasteiger partial charge in [0.05, 0.1) is 33.2 Å². The fourth-order valence-corrected chi connectivity index (χ4v) is 4.52. The number of rotatable bonds is 6. The molecule has 1 aliphatic rings. The number of benzene rings is 1. The van der Waals surface area contributed by atoms with Crippen molar-refractivity contribution in [1.29, 1.82) is 0 Å². The van der Waals surface area contributed by atoms with E-state index in [0.717, 1.165) is 17.4 Å². The highest BCUT2D eigenvalue weighted by molar-refractivity contribution is 7.18. The third-order valence-corrected chi connectivity index (χ3v) is 6.36. The average Bonchev–Trinajstić information content (AvgIpc) is 3.35. The van der Waals surface area contributed by atoms with Crippen LogP contribution >= 0.6 is 22.9 Å². The molecule has 1 aliphatic heterocycles. The number of aromatic nitrogens is 1. The van der Waals surface area contributed by atoms with Gasteiger partial charge in [0.15, 0.2) is 0 Å². The molecule has 0 unspecified atom stereocenters. The SMILES string of the molecule is O=C(CN1C[C@H](F)[C@H](NC(=O)c2ccc(Cl)s2)C1)Nc1ccc(-n2ccccc2=O)cc1F. The first kappa shape index (κ1) is 23.1. The summed E-state index contributed by atoms with van der Waals surface area (Å²) in [4.78, 5) is 38.4. The summed E-state index contributed by atoms with van der Waals surface area (Å²) in [6.07, 6.45) is 0.163. The molecule has 1 saturated heterocycles. The van der Waals surface area contributed by atoms with E-state index in [0.29, 0.717) is 14.9 Å². The van der Waals surface area contributed by atoms with Crippen LogP contribution in [-0.2, 0) is 4.79 Å². The summed E-state index contributed by atoms with van der Waals surface area (Å²) >= 11 is 6.92. The van der Waals surface area contributed by atoms with E-state index in [2.05, 4.69) is 10.6 Å². The van der Waals surface area contributed by atoms with Gasteiger partial charge in [-0.25, -0.2) is 8.78 Å². The Balaban J connectivity index is 1.34. The van der Waals surface area contributed by atoms with Crippen LogP contribution < -0.4 is 16.2 Å². The largest absolute Gasteiger partial charge is 0.344 e. The van der Waals surface area contributed by atoms with E-state index in [9.17, 15) is 23.2 Å². The number of nitrogens with zero attached hydrogens (tertiary/aromatic N) is 2. The van der Waals surface area contributed by atoms with Crippen molar-refractivity contribution < 1.29 is 18.4 Å². The Morgan fingerprint density at radius 2 is 1.97 bits per heavy atom. The van der Waals surface area contributed by atoms with Crippen molar-refractivity contribution >= 4 is 40.4 Å². The van der Waals surface area contributed by atoms with Crippen LogP contribution in [0.5, 0.6) is 0 Å². The number of nitrogens with one attached hydrogen (secondary N) is 2. The number of carbonyl (C=O) groups is 2. The molecule has 0 spiro atoms. The molecule has 0 bridgehead atoms. The molecular weight excluding hydrogens is 474 g/mol. The lowest BCUT2D eigenvalue weighted by Gasteiger charge is -2.16. The van der Waals surface area contributed by atoms with E-state index in [4.69, 9.17) is 11.6 Å². The second-order valence-electron chi connectivity index (χ2n) is 7.51. The monoisotopic (exact) mass is 492 g/mol. The summed E-state index contributed by atoms with van der Waals surface area (Å²) in [5.41, 5.74) is -0.0445. The zero-order valence-corrected chi connectivity index (χ0v) is 18.7. The highest BCUT2D eigenvalue weighted by Gasteiger charge is 2.35. The minimum absolute atomic E-state index is 0.0398. The first-order valence-electron chi connectivity index (χ1n) is 10.0. The molecular formula is C22H19ClF2N4O3S. The first-order valence-corrected chi connectivity index (χ1v) is 11.2. The molecule has 33 heavy (non-hydrogen) atoms. The Labute approximate surface area is 196 Å². The quantitative estimate of drug-likeness (QED) is 0.554. The van der Waals surface area contributed by atoms with Gasteiger partial charge < -0.3 is 10.6 Å². The van der Waals surface area contributed by atoms with Gasteiger partial charge in [0, 0.05) is 31.4 Å². The van der Waals surface area contributed by atoms with Crippen LogP contribution in [0.4, 0.5) is 14.5 Å². The highest BCUT2D eigenvalue weighted by Crippen LogP contribution is 2.22. The maximum absolute atomic E-state index is 14.5. The van der Waals surface area contributed by atoms with E-state index >= 15 is 0 Å². The van der Waals surface area contributed by atoms with Gasteiger partial charge in [0.2, 0.25) is 5.91 Å². The second kappa shape index (κ2) is 9.82. The fraction of sp³-hybridized carbons (Fsp3) is 0.227. The van der Waals surface area contributed by atoms with E-state index in [1.165, 1.54) is 29.0 Å². The Hall–Kier alpha value is -3.08. The molecule has 11 heteroatoms. The lowest BCUT2D eigenvalue weighted by Crippen LogP contribution is -2.41. The number of carbonyl (C=O) groups excluding carboxylic acids is 2. The molecule has 1 fully saturated rings. The maximum Gasteiger partial charge on any atom is 0.261 e. The van der Waals surface area contributed by atoms with E-state index < -0.39 is 29.8 Å². The number of anilines is 1. The van der Waals surface area contributed by atoms with Crippen LogP contribution in [-0.4, -0.2) is 53.1 Å². The minimum Gasteiger partial charge on any atom is -0.344 e. The molecule has 3 aromatic rings. The molecule has 1 aromatic carbocycles. The number of thiophene rings is 1. The number of likely N-dealkylation sites (tertiary alicyclic amines) is 1. The van der Waals surface area contributed by atoms with Crippen molar-refractivity contribution in [2.75, 3.05) is 25.0 Å². The molecule has 0 saturated carbocycles. The van der Waals surface area contributed by atoms with E-state index in [1.807, 2.05) is 0 Å². The van der Waals surface area contributed by atoms with Gasteiger partial charge in [-0.15, -0.1) is 11.3 Å². The predicted octanol–water partition coefficient (Wildman–Crippen LogP) is 3.08. The zero-order valence-electron chi connectivity index (χ0n) is 17.1. The number of alkyl halides is 1. The minimum atomic E-state index is -1.35. The molecule has 4 rings (SSSR count). The third kappa shape index (κ3) is 5.47. The Bertz CT molecular complexity index is 1250. The van der Waals surface area contributed by atoms with Crippen LogP contribution in [0.1, 0.15) is 9.67 Å². The van der Waals surface area contributed by atoms with Crippen molar-refractivity contribution in [2.24, 2.45) is 0 Å². The van der Waals surface area contributed by atoms with Gasteiger partial charge in [0.25, 0.3) is 11.5 Å². The third-order valence-electron chi connectivity index (χ3n) is 5.13. The highest BCUT2D eigenvalue weighted by atomic mass is 35.5. The summed E-state index contributed by atoms with van der Waals surface area (Å²) in [5, 5.41) is 5.09. The Morgan fingerprint density at radius 1 is 1.15 bits per heavy atom. The van der Waals surface area contributed by atoms with E-state index in [1.54, 1.807) is 29.2 Å². The predicted molar refractivity (Wildman–Crippen MR) is 123 cm³/mol. The fourth-order valence-electron chi connectivity index (χ4n) is 3.57. The first-order chi connectivity index (χ1) is 15.8. The number of hydrogen-bond acceptors (Lipinski definition) is 5. The van der Waals surface area contributed by atoms with Crippen LogP contribution in [0, 0.1) is 5.82 Å². The van der Waals surface area contributed by atoms with Gasteiger partial charge in [-0.3, -0.25) is 23.9 Å². The summed E-state index contributed by atoms with van der Waals surface area (Å²) in [6, 6.07) is 11.0. The van der Waals surface area contributed by atoms with E-state index in [-0.39, 0.29) is 30.9 Å². The molecule has 3 heterocycles.